The summed E-state index contributed by atoms with van der Waals surface area (Å²) in [6.07, 6.45) is 9.59. The van der Waals surface area contributed by atoms with Crippen LogP contribution >= 0.6 is 0 Å². The monoisotopic (exact) mass is 253 g/mol. The van der Waals surface area contributed by atoms with Crippen LogP contribution in [0.3, 0.4) is 0 Å². The van der Waals surface area contributed by atoms with Gasteiger partial charge < -0.3 is 0 Å². The molecule has 1 nitrogen and oxygen atoms in total. The van der Waals surface area contributed by atoms with Gasteiger partial charge in [0.05, 0.1) is 11.2 Å². The molecule has 0 unspecified atom stereocenters. The van der Waals surface area contributed by atoms with Gasteiger partial charge in [-0.25, -0.2) is 4.98 Å². The van der Waals surface area contributed by atoms with E-state index in [1.807, 2.05) is 6.07 Å². The molecule has 1 heterocycles. The molecule has 0 N–H and O–H groups in total. The van der Waals surface area contributed by atoms with E-state index in [0.29, 0.717) is 5.92 Å². The number of hydrogen-bond acceptors (Lipinski definition) is 1. The number of pyridine rings is 1. The zero-order valence-electron chi connectivity index (χ0n) is 12.0. The molecule has 0 aliphatic heterocycles. The van der Waals surface area contributed by atoms with Crippen molar-refractivity contribution in [2.75, 3.05) is 0 Å². The van der Waals surface area contributed by atoms with Crippen LogP contribution in [0.25, 0.3) is 17.0 Å². The molecule has 1 aromatic carbocycles. The predicted molar refractivity (Wildman–Crippen MR) is 84.1 cm³/mol. The largest absolute Gasteiger partial charge is 0.248 e. The van der Waals surface area contributed by atoms with E-state index in [9.17, 15) is 0 Å². The van der Waals surface area contributed by atoms with Crippen LogP contribution in [-0.4, -0.2) is 4.98 Å². The zero-order chi connectivity index (χ0) is 13.5. The molecule has 0 radical (unpaired) electrons. The van der Waals surface area contributed by atoms with Gasteiger partial charge in [0.2, 0.25) is 0 Å². The summed E-state index contributed by atoms with van der Waals surface area (Å²) in [7, 11) is 0. The summed E-state index contributed by atoms with van der Waals surface area (Å²) in [5.74, 6) is 0.688. The van der Waals surface area contributed by atoms with Gasteiger partial charge in [0.1, 0.15) is 0 Å². The first-order valence-electron chi connectivity index (χ1n) is 7.37. The molecule has 0 aliphatic rings. The summed E-state index contributed by atoms with van der Waals surface area (Å²) in [6.45, 7) is 4.51. The van der Waals surface area contributed by atoms with E-state index >= 15 is 0 Å². The molecule has 2 rings (SSSR count). The maximum Gasteiger partial charge on any atom is 0.0709 e. The molecule has 2 aromatic rings. The third-order valence-electron chi connectivity index (χ3n) is 3.61. The Morgan fingerprint density at radius 1 is 1.11 bits per heavy atom. The molecular weight excluding hydrogens is 230 g/mol. The first kappa shape index (κ1) is 13.8. The highest BCUT2D eigenvalue weighted by molar-refractivity contribution is 5.79. The van der Waals surface area contributed by atoms with Gasteiger partial charge in [0, 0.05) is 5.39 Å². The minimum absolute atomic E-state index is 0.688. The van der Waals surface area contributed by atoms with Gasteiger partial charge in [-0.2, -0.15) is 0 Å². The van der Waals surface area contributed by atoms with Crippen LogP contribution in [-0.2, 0) is 0 Å². The van der Waals surface area contributed by atoms with Crippen molar-refractivity contribution in [1.82, 2.24) is 4.98 Å². The van der Waals surface area contributed by atoms with Crippen LogP contribution in [0.15, 0.2) is 42.5 Å². The second kappa shape index (κ2) is 7.08. The van der Waals surface area contributed by atoms with Gasteiger partial charge in [-0.05, 0) is 37.0 Å². The Hall–Kier alpha value is -1.63. The lowest BCUT2D eigenvalue weighted by Gasteiger charge is -2.08. The number of aromatic nitrogens is 1. The predicted octanol–water partition coefficient (Wildman–Crippen LogP) is 5.46. The van der Waals surface area contributed by atoms with E-state index in [2.05, 4.69) is 61.3 Å². The molecule has 1 heteroatoms. The van der Waals surface area contributed by atoms with Crippen LogP contribution in [0.2, 0.25) is 0 Å². The van der Waals surface area contributed by atoms with Crippen molar-refractivity contribution in [2.24, 2.45) is 5.92 Å². The number of nitrogens with zero attached hydrogens (tertiary/aromatic N) is 1. The number of hydrogen-bond donors (Lipinski definition) is 0. The van der Waals surface area contributed by atoms with E-state index in [1.54, 1.807) is 0 Å². The van der Waals surface area contributed by atoms with Crippen molar-refractivity contribution < 1.29 is 0 Å². The lowest BCUT2D eigenvalue weighted by molar-refractivity contribution is 0.542. The molecule has 0 fully saturated rings. The molecule has 0 spiro atoms. The normalized spacial score (nSPS) is 13.2. The number of para-hydroxylation sites is 1. The summed E-state index contributed by atoms with van der Waals surface area (Å²) in [4.78, 5) is 4.67. The van der Waals surface area contributed by atoms with Gasteiger partial charge in [-0.1, -0.05) is 57.0 Å². The highest BCUT2D eigenvalue weighted by atomic mass is 14.7. The van der Waals surface area contributed by atoms with E-state index < -0.39 is 0 Å². The molecular formula is C18H23N. The summed E-state index contributed by atoms with van der Waals surface area (Å²) < 4.78 is 0. The van der Waals surface area contributed by atoms with Gasteiger partial charge in [0.15, 0.2) is 0 Å². The Morgan fingerprint density at radius 3 is 2.74 bits per heavy atom. The molecule has 0 amide bonds. The Morgan fingerprint density at radius 2 is 1.95 bits per heavy atom. The van der Waals surface area contributed by atoms with Crippen LogP contribution < -0.4 is 0 Å². The lowest BCUT2D eigenvalue weighted by atomic mass is 9.98. The van der Waals surface area contributed by atoms with E-state index in [4.69, 9.17) is 0 Å². The van der Waals surface area contributed by atoms with Crippen LogP contribution in [0.4, 0.5) is 0 Å². The Bertz CT molecular complexity index is 542. The number of allylic oxidation sites excluding steroid dienone is 1. The average Bonchev–Trinajstić information content (AvgIpc) is 2.47. The van der Waals surface area contributed by atoms with Crippen molar-refractivity contribution >= 4 is 17.0 Å². The topological polar surface area (TPSA) is 12.9 Å². The van der Waals surface area contributed by atoms with E-state index in [1.165, 1.54) is 31.1 Å². The van der Waals surface area contributed by atoms with E-state index in [-0.39, 0.29) is 0 Å². The first-order chi connectivity index (χ1) is 9.33. The highest BCUT2D eigenvalue weighted by Crippen LogP contribution is 2.17. The molecule has 1 atom stereocenters. The molecule has 19 heavy (non-hydrogen) atoms. The maximum atomic E-state index is 4.67. The molecule has 0 bridgehead atoms. The summed E-state index contributed by atoms with van der Waals surface area (Å²) in [5, 5.41) is 1.21. The fraction of sp³-hybridized carbons (Fsp3) is 0.389. The second-order valence-electron chi connectivity index (χ2n) is 5.10. The smallest absolute Gasteiger partial charge is 0.0709 e. The average molecular weight is 253 g/mol. The highest BCUT2D eigenvalue weighted by Gasteiger charge is 2.01. The third kappa shape index (κ3) is 3.92. The lowest BCUT2D eigenvalue weighted by Crippen LogP contribution is -1.94. The molecule has 0 aliphatic carbocycles. The van der Waals surface area contributed by atoms with Gasteiger partial charge in [-0.3, -0.25) is 0 Å². The fourth-order valence-electron chi connectivity index (χ4n) is 2.31. The Kier molecular flexibility index (Phi) is 5.14. The van der Waals surface area contributed by atoms with Crippen molar-refractivity contribution in [3.8, 4) is 0 Å². The molecule has 0 saturated carbocycles. The van der Waals surface area contributed by atoms with Gasteiger partial charge >= 0.3 is 0 Å². The zero-order valence-corrected chi connectivity index (χ0v) is 12.0. The fourth-order valence-corrected chi connectivity index (χ4v) is 2.31. The molecule has 1 aromatic heterocycles. The van der Waals surface area contributed by atoms with E-state index in [0.717, 1.165) is 11.2 Å². The van der Waals surface area contributed by atoms with Gasteiger partial charge in [-0.15, -0.1) is 0 Å². The number of unbranched alkanes of at least 4 members (excludes halogenated alkanes) is 1. The summed E-state index contributed by atoms with van der Waals surface area (Å²) in [6, 6.07) is 12.5. The Labute approximate surface area is 116 Å². The summed E-state index contributed by atoms with van der Waals surface area (Å²) >= 11 is 0. The second-order valence-corrected chi connectivity index (χ2v) is 5.10. The maximum absolute atomic E-state index is 4.67. The third-order valence-corrected chi connectivity index (χ3v) is 3.61. The number of fused-ring (bicyclic) bond motifs is 1. The Balaban J connectivity index is 2.11. The van der Waals surface area contributed by atoms with Crippen LogP contribution in [0.1, 0.15) is 45.2 Å². The SMILES string of the molecule is CCCC[C@H](/C=C\c1ccc2ccccc2n1)CC. The number of benzene rings is 1. The summed E-state index contributed by atoms with van der Waals surface area (Å²) in [5.41, 5.74) is 2.14. The van der Waals surface area contributed by atoms with Crippen molar-refractivity contribution in [3.63, 3.8) is 0 Å². The number of rotatable bonds is 6. The minimum atomic E-state index is 0.688. The van der Waals surface area contributed by atoms with Crippen molar-refractivity contribution in [3.05, 3.63) is 48.2 Å². The van der Waals surface area contributed by atoms with Gasteiger partial charge in [0.25, 0.3) is 0 Å². The van der Waals surface area contributed by atoms with Crippen LogP contribution in [0, 0.1) is 5.92 Å². The standard InChI is InChI=1S/C18H23N/c1-3-5-8-15(4-2)11-13-17-14-12-16-9-6-7-10-18(16)19-17/h6-7,9-15H,3-5,8H2,1-2H3/b13-11-/t15-/m1/s1. The molecule has 0 saturated heterocycles. The first-order valence-corrected chi connectivity index (χ1v) is 7.37. The quantitative estimate of drug-likeness (QED) is 0.665. The minimum Gasteiger partial charge on any atom is -0.248 e. The molecule has 100 valence electrons. The van der Waals surface area contributed by atoms with Crippen LogP contribution in [0.5, 0.6) is 0 Å². The van der Waals surface area contributed by atoms with Crippen molar-refractivity contribution in [1.29, 1.82) is 0 Å². The van der Waals surface area contributed by atoms with Crippen molar-refractivity contribution in [2.45, 2.75) is 39.5 Å².